The summed E-state index contributed by atoms with van der Waals surface area (Å²) in [5.41, 5.74) is -0.930. The zero-order valence-corrected chi connectivity index (χ0v) is 26.3. The van der Waals surface area contributed by atoms with Gasteiger partial charge in [-0.25, -0.2) is 19.2 Å². The third-order valence-electron chi connectivity index (χ3n) is 8.78. The van der Waals surface area contributed by atoms with E-state index in [2.05, 4.69) is 4.90 Å². The van der Waals surface area contributed by atoms with E-state index in [1.54, 1.807) is 6.07 Å². The van der Waals surface area contributed by atoms with Crippen molar-refractivity contribution in [1.29, 1.82) is 0 Å². The lowest BCUT2D eigenvalue weighted by Gasteiger charge is -2.61. The average molecular weight is 704 g/mol. The molecule has 0 saturated carbocycles. The van der Waals surface area contributed by atoms with Crippen molar-refractivity contribution in [2.45, 2.75) is 87.7 Å². The fourth-order valence-corrected chi connectivity index (χ4v) is 6.73. The number of aliphatic carboxylic acids is 2. The molecule has 7 atom stereocenters. The number of alkyl halides is 3. The molecule has 268 valence electrons. The lowest BCUT2D eigenvalue weighted by atomic mass is 9.50. The van der Waals surface area contributed by atoms with Crippen LogP contribution in [0.1, 0.15) is 44.7 Å². The predicted molar refractivity (Wildman–Crippen MR) is 151 cm³/mol. The van der Waals surface area contributed by atoms with Gasteiger partial charge >= 0.3 is 42.0 Å². The zero-order valence-electron chi connectivity index (χ0n) is 26.3. The summed E-state index contributed by atoms with van der Waals surface area (Å²) in [5.74, 6) is -9.21. The van der Waals surface area contributed by atoms with Crippen molar-refractivity contribution in [3.8, 4) is 11.5 Å². The van der Waals surface area contributed by atoms with E-state index in [0.717, 1.165) is 26.3 Å². The van der Waals surface area contributed by atoms with Crippen LogP contribution in [0.15, 0.2) is 24.0 Å². The number of likely N-dealkylation sites (N-methyl/N-ethyl adjacent to an activating group) is 1. The van der Waals surface area contributed by atoms with Crippen LogP contribution in [-0.2, 0) is 59.6 Å². The third kappa shape index (κ3) is 6.59. The van der Waals surface area contributed by atoms with Gasteiger partial charge in [0, 0.05) is 31.9 Å². The molecule has 1 aromatic rings. The Morgan fingerprint density at radius 3 is 2.10 bits per heavy atom. The Morgan fingerprint density at radius 1 is 1.00 bits per heavy atom. The van der Waals surface area contributed by atoms with Crippen LogP contribution >= 0.6 is 0 Å². The molecule has 0 unspecified atom stereocenters. The number of hydrogen-bond donors (Lipinski definition) is 4. The van der Waals surface area contributed by atoms with Gasteiger partial charge in [0.05, 0.1) is 11.0 Å². The Labute approximate surface area is 274 Å². The number of aliphatic hydroxyl groups is 1. The van der Waals surface area contributed by atoms with Gasteiger partial charge in [-0.1, -0.05) is 6.07 Å². The summed E-state index contributed by atoms with van der Waals surface area (Å²) in [4.78, 5) is 72.3. The van der Waals surface area contributed by atoms with Crippen LogP contribution < -0.4 is 4.74 Å². The Morgan fingerprint density at radius 2 is 1.57 bits per heavy atom. The number of halogens is 3. The molecule has 0 aromatic heterocycles. The number of carbonyl (C=O) groups excluding carboxylic acids is 4. The summed E-state index contributed by atoms with van der Waals surface area (Å²) in [6.45, 7) is 3.47. The van der Waals surface area contributed by atoms with Gasteiger partial charge in [-0.05, 0) is 51.1 Å². The second-order valence-corrected chi connectivity index (χ2v) is 11.8. The standard InChI is InChI=1S/C28H31NO13.C2HF3O2/c1-12(24(33)34)38-25(35)21(39-13(2)30)22(40-14(3)31)26(36)41-17-7-8-28(37)18-11-15-5-6-16(32)20-19(15)27(28,23(17)42-20)9-10-29(18)4;3-2(4,5)1(6)7/h5-7,12,18,21-23,32,37H,8-11H2,1-4H3,(H,33,34);(H,6,7)/t12-,18+,21+,22+,23-,27-,28+;/m0./s1. The Balaban J connectivity index is 0.000000698. The smallest absolute Gasteiger partial charge is 0.490 e. The first-order valence-electron chi connectivity index (χ1n) is 14.6. The average Bonchev–Trinajstić information content (AvgIpc) is 3.35. The first kappa shape index (κ1) is 36.9. The lowest BCUT2D eigenvalue weighted by molar-refractivity contribution is -0.194. The van der Waals surface area contributed by atoms with E-state index >= 15 is 0 Å². The molecule has 16 nitrogen and oxygen atoms in total. The molecule has 1 fully saturated rings. The van der Waals surface area contributed by atoms with E-state index in [1.165, 1.54) is 12.1 Å². The topological polar surface area (TPSA) is 233 Å². The van der Waals surface area contributed by atoms with Crippen LogP contribution in [0.2, 0.25) is 0 Å². The normalized spacial score (nSPS) is 26.5. The van der Waals surface area contributed by atoms with Crippen LogP contribution in [-0.4, -0.2) is 117 Å². The third-order valence-corrected chi connectivity index (χ3v) is 8.78. The van der Waals surface area contributed by atoms with Gasteiger partial charge in [0.15, 0.2) is 23.7 Å². The van der Waals surface area contributed by atoms with Crippen molar-refractivity contribution in [2.75, 3.05) is 13.6 Å². The number of ether oxygens (including phenoxy) is 5. The summed E-state index contributed by atoms with van der Waals surface area (Å²) in [5, 5.41) is 39.1. The molecule has 4 aliphatic rings. The maximum absolute atomic E-state index is 13.6. The Bertz CT molecular complexity index is 1610. The maximum atomic E-state index is 13.6. The van der Waals surface area contributed by atoms with Crippen molar-refractivity contribution in [1.82, 2.24) is 4.90 Å². The van der Waals surface area contributed by atoms with Gasteiger partial charge < -0.3 is 49.0 Å². The molecule has 2 aliphatic heterocycles. The van der Waals surface area contributed by atoms with Crippen molar-refractivity contribution in [3.63, 3.8) is 0 Å². The monoisotopic (exact) mass is 703 g/mol. The molecule has 2 heterocycles. The molecule has 1 spiro atoms. The first-order valence-corrected chi connectivity index (χ1v) is 14.6. The molecule has 19 heteroatoms. The number of carboxylic acids is 2. The van der Waals surface area contributed by atoms with Crippen LogP contribution in [0.4, 0.5) is 13.2 Å². The molecular formula is C30H32F3NO15. The number of rotatable bonds is 8. The minimum Gasteiger partial charge on any atom is -0.504 e. The highest BCUT2D eigenvalue weighted by Crippen LogP contribution is 2.65. The molecule has 2 bridgehead atoms. The second kappa shape index (κ2) is 13.2. The second-order valence-electron chi connectivity index (χ2n) is 11.8. The highest BCUT2D eigenvalue weighted by atomic mass is 19.4. The van der Waals surface area contributed by atoms with E-state index < -0.39 is 77.4 Å². The Hall–Kier alpha value is -4.91. The predicted octanol–water partition coefficient (Wildman–Crippen LogP) is 0.726. The van der Waals surface area contributed by atoms with Gasteiger partial charge in [0.25, 0.3) is 0 Å². The molecule has 1 aromatic carbocycles. The van der Waals surface area contributed by atoms with E-state index in [4.69, 9.17) is 38.7 Å². The summed E-state index contributed by atoms with van der Waals surface area (Å²) < 4.78 is 58.4. The van der Waals surface area contributed by atoms with Crippen molar-refractivity contribution in [2.24, 2.45) is 0 Å². The van der Waals surface area contributed by atoms with E-state index in [-0.39, 0.29) is 29.7 Å². The van der Waals surface area contributed by atoms with Crippen LogP contribution in [0, 0.1) is 0 Å². The highest BCUT2D eigenvalue weighted by molar-refractivity contribution is 5.90. The molecule has 1 saturated heterocycles. The maximum Gasteiger partial charge on any atom is 0.490 e. The number of piperidine rings is 1. The quantitative estimate of drug-likeness (QED) is 0.216. The minimum atomic E-state index is -5.08. The molecular weight excluding hydrogens is 671 g/mol. The van der Waals surface area contributed by atoms with E-state index in [9.17, 15) is 47.4 Å². The van der Waals surface area contributed by atoms with Crippen molar-refractivity contribution >= 4 is 35.8 Å². The van der Waals surface area contributed by atoms with Gasteiger partial charge in [-0.15, -0.1) is 0 Å². The van der Waals surface area contributed by atoms with Gasteiger partial charge in [-0.3, -0.25) is 9.59 Å². The Kier molecular flexibility index (Phi) is 9.93. The number of benzene rings is 1. The SMILES string of the molecule is CC(=O)O[C@@H](C(=O)OC1=CC[C@@]2(O)[C@H]3Cc4ccc(O)c5c4[C@@]2(CCN3C)[C@H]1O5)[C@@H](OC(C)=O)C(=O)O[C@@H](C)C(=O)O.O=C(O)C(F)(F)F. The fourth-order valence-electron chi connectivity index (χ4n) is 6.73. The van der Waals surface area contributed by atoms with E-state index in [1.807, 2.05) is 7.05 Å². The summed E-state index contributed by atoms with van der Waals surface area (Å²) >= 11 is 0. The largest absolute Gasteiger partial charge is 0.504 e. The molecule has 2 aliphatic carbocycles. The number of phenols is 1. The number of hydrogen-bond acceptors (Lipinski definition) is 14. The molecule has 4 N–H and O–H groups in total. The van der Waals surface area contributed by atoms with Crippen LogP contribution in [0.5, 0.6) is 11.5 Å². The number of carboxylic acid groups (broad SMARTS) is 2. The molecule has 0 radical (unpaired) electrons. The number of carbonyl (C=O) groups is 6. The summed E-state index contributed by atoms with van der Waals surface area (Å²) in [6.07, 6.45) is -9.81. The van der Waals surface area contributed by atoms with E-state index in [0.29, 0.717) is 24.9 Å². The summed E-state index contributed by atoms with van der Waals surface area (Å²) in [7, 11) is 1.91. The van der Waals surface area contributed by atoms with Gasteiger partial charge in [-0.2, -0.15) is 13.2 Å². The lowest BCUT2D eigenvalue weighted by Crippen LogP contribution is -2.74. The first-order chi connectivity index (χ1) is 22.6. The van der Waals surface area contributed by atoms with Gasteiger partial charge in [0.2, 0.25) is 12.2 Å². The number of esters is 4. The number of phenolic OH excluding ortho intramolecular Hbond substituents is 1. The van der Waals surface area contributed by atoms with Crippen LogP contribution in [0.25, 0.3) is 0 Å². The number of aromatic hydroxyl groups is 1. The van der Waals surface area contributed by atoms with Gasteiger partial charge in [0.1, 0.15) is 5.76 Å². The zero-order chi connectivity index (χ0) is 36.8. The minimum absolute atomic E-state index is 0.0444. The molecule has 5 rings (SSSR count). The molecule has 0 amide bonds. The van der Waals surface area contributed by atoms with Crippen LogP contribution in [0.3, 0.4) is 0 Å². The van der Waals surface area contributed by atoms with Crippen molar-refractivity contribution in [3.05, 3.63) is 35.1 Å². The molecule has 49 heavy (non-hydrogen) atoms. The number of nitrogens with zero attached hydrogens (tertiary/aromatic N) is 1. The van der Waals surface area contributed by atoms with Crippen molar-refractivity contribution < 1.29 is 86.0 Å². The number of likely N-dealkylation sites (tertiary alicyclic amines) is 1. The highest BCUT2D eigenvalue weighted by Gasteiger charge is 2.72. The fraction of sp³-hybridized carbons (Fsp3) is 0.533. The summed E-state index contributed by atoms with van der Waals surface area (Å²) in [6, 6.07) is 2.98.